The Balaban J connectivity index is 2.99. The highest BCUT2D eigenvalue weighted by atomic mass is 16.5. The molecular weight excluding hydrogens is 250 g/mol. The highest BCUT2D eigenvalue weighted by Gasteiger charge is 2.15. The van der Waals surface area contributed by atoms with Gasteiger partial charge in [-0.25, -0.2) is 0 Å². The maximum absolute atomic E-state index is 6.01. The van der Waals surface area contributed by atoms with Crippen molar-refractivity contribution in [2.75, 3.05) is 37.8 Å². The summed E-state index contributed by atoms with van der Waals surface area (Å²) in [6.07, 6.45) is 0.152. The number of likely N-dealkylation sites (N-methyl/N-ethyl adjacent to an activating group) is 2. The number of rotatable bonds is 7. The minimum atomic E-state index is 0.152. The van der Waals surface area contributed by atoms with Crippen molar-refractivity contribution >= 4 is 11.4 Å². The highest BCUT2D eigenvalue weighted by Crippen LogP contribution is 2.27. The molecule has 0 saturated carbocycles. The summed E-state index contributed by atoms with van der Waals surface area (Å²) >= 11 is 0. The lowest BCUT2D eigenvalue weighted by atomic mass is 10.2. The minimum Gasteiger partial charge on any atom is -0.491 e. The maximum atomic E-state index is 6.01. The van der Waals surface area contributed by atoms with Crippen LogP contribution >= 0.6 is 0 Å². The molecule has 0 spiro atoms. The van der Waals surface area contributed by atoms with Gasteiger partial charge in [0.1, 0.15) is 5.75 Å². The second-order valence-corrected chi connectivity index (χ2v) is 5.82. The molecule has 0 saturated heterocycles. The summed E-state index contributed by atoms with van der Waals surface area (Å²) in [6, 6.07) is 6.40. The van der Waals surface area contributed by atoms with Crippen LogP contribution in [0.2, 0.25) is 0 Å². The molecule has 2 N–H and O–H groups in total. The highest BCUT2D eigenvalue weighted by molar-refractivity contribution is 5.61. The summed E-state index contributed by atoms with van der Waals surface area (Å²) in [5, 5.41) is 0. The fourth-order valence-electron chi connectivity index (χ4n) is 2.49. The van der Waals surface area contributed by atoms with Crippen LogP contribution in [0.4, 0.5) is 11.4 Å². The van der Waals surface area contributed by atoms with Gasteiger partial charge < -0.3 is 20.3 Å². The van der Waals surface area contributed by atoms with Crippen molar-refractivity contribution in [2.45, 2.75) is 39.8 Å². The first-order valence-electron chi connectivity index (χ1n) is 7.32. The van der Waals surface area contributed by atoms with E-state index in [0.717, 1.165) is 30.2 Å². The molecule has 0 aromatic heterocycles. The number of nitrogens with zero attached hydrogens (tertiary/aromatic N) is 2. The van der Waals surface area contributed by atoms with E-state index in [2.05, 4.69) is 43.8 Å². The molecule has 4 nitrogen and oxygen atoms in total. The Morgan fingerprint density at radius 3 is 2.30 bits per heavy atom. The Morgan fingerprint density at radius 2 is 1.80 bits per heavy atom. The fourth-order valence-corrected chi connectivity index (χ4v) is 2.49. The summed E-state index contributed by atoms with van der Waals surface area (Å²) in [5.41, 5.74) is 7.88. The lowest BCUT2D eigenvalue weighted by Gasteiger charge is -2.32. The number of nitrogen functional groups attached to an aromatic ring is 1. The number of anilines is 2. The summed E-state index contributed by atoms with van der Waals surface area (Å²) in [6.45, 7) is 10.4. The van der Waals surface area contributed by atoms with Gasteiger partial charge in [0.2, 0.25) is 0 Å². The van der Waals surface area contributed by atoms with Crippen LogP contribution in [-0.4, -0.2) is 44.2 Å². The standard InChI is InChI=1S/C16H29N3O/c1-7-19(13(4)11-18(5)6)15-8-14(17)9-16(10-15)20-12(2)3/h8-10,12-13H,7,11,17H2,1-6H3. The number of ether oxygens (including phenoxy) is 1. The first-order chi connectivity index (χ1) is 9.33. The van der Waals surface area contributed by atoms with Gasteiger partial charge in [0.25, 0.3) is 0 Å². The zero-order valence-electron chi connectivity index (χ0n) is 13.7. The van der Waals surface area contributed by atoms with Gasteiger partial charge in [0, 0.05) is 42.6 Å². The van der Waals surface area contributed by atoms with Crippen LogP contribution in [0.15, 0.2) is 18.2 Å². The Kier molecular flexibility index (Phi) is 6.14. The van der Waals surface area contributed by atoms with Crippen LogP contribution in [0.3, 0.4) is 0 Å². The second kappa shape index (κ2) is 7.39. The predicted molar refractivity (Wildman–Crippen MR) is 87.7 cm³/mol. The van der Waals surface area contributed by atoms with E-state index in [1.54, 1.807) is 0 Å². The van der Waals surface area contributed by atoms with Gasteiger partial charge in [-0.3, -0.25) is 0 Å². The number of hydrogen-bond donors (Lipinski definition) is 1. The molecule has 0 aliphatic heterocycles. The quantitative estimate of drug-likeness (QED) is 0.779. The molecule has 20 heavy (non-hydrogen) atoms. The van der Waals surface area contributed by atoms with Crippen LogP contribution in [-0.2, 0) is 0 Å². The molecule has 0 radical (unpaired) electrons. The van der Waals surface area contributed by atoms with Gasteiger partial charge in [0.15, 0.2) is 0 Å². The molecule has 0 fully saturated rings. The van der Waals surface area contributed by atoms with Crippen molar-refractivity contribution in [2.24, 2.45) is 0 Å². The molecule has 0 amide bonds. The van der Waals surface area contributed by atoms with Crippen LogP contribution in [0.1, 0.15) is 27.7 Å². The van der Waals surface area contributed by atoms with Gasteiger partial charge >= 0.3 is 0 Å². The Labute approximate surface area is 123 Å². The second-order valence-electron chi connectivity index (χ2n) is 5.82. The smallest absolute Gasteiger partial charge is 0.123 e. The normalized spacial score (nSPS) is 12.8. The van der Waals surface area contributed by atoms with E-state index in [1.165, 1.54) is 0 Å². The fraction of sp³-hybridized carbons (Fsp3) is 0.625. The van der Waals surface area contributed by atoms with Crippen molar-refractivity contribution < 1.29 is 4.74 Å². The summed E-state index contributed by atoms with van der Waals surface area (Å²) < 4.78 is 5.77. The van der Waals surface area contributed by atoms with Gasteiger partial charge in [-0.15, -0.1) is 0 Å². The van der Waals surface area contributed by atoms with Gasteiger partial charge in [-0.1, -0.05) is 0 Å². The SMILES string of the molecule is CCN(c1cc(N)cc(OC(C)C)c1)C(C)CN(C)C. The molecule has 0 bridgehead atoms. The largest absolute Gasteiger partial charge is 0.491 e. The van der Waals surface area contributed by atoms with E-state index in [-0.39, 0.29) is 6.10 Å². The third-order valence-corrected chi connectivity index (χ3v) is 3.12. The van der Waals surface area contributed by atoms with Crippen molar-refractivity contribution in [1.82, 2.24) is 4.90 Å². The van der Waals surface area contributed by atoms with Crippen molar-refractivity contribution in [3.8, 4) is 5.75 Å². The van der Waals surface area contributed by atoms with Crippen LogP contribution in [0, 0.1) is 0 Å². The third kappa shape index (κ3) is 4.93. The van der Waals surface area contributed by atoms with E-state index in [1.807, 2.05) is 26.0 Å². The Bertz CT molecular complexity index is 418. The molecule has 1 aromatic rings. The average molecular weight is 279 g/mol. The van der Waals surface area contributed by atoms with E-state index in [9.17, 15) is 0 Å². The van der Waals surface area contributed by atoms with E-state index in [4.69, 9.17) is 10.5 Å². The van der Waals surface area contributed by atoms with Gasteiger partial charge in [0.05, 0.1) is 6.10 Å². The molecule has 1 unspecified atom stereocenters. The van der Waals surface area contributed by atoms with Crippen LogP contribution in [0.25, 0.3) is 0 Å². The maximum Gasteiger partial charge on any atom is 0.123 e. The Hall–Kier alpha value is -1.42. The first-order valence-corrected chi connectivity index (χ1v) is 7.32. The number of nitrogens with two attached hydrogens (primary N) is 1. The van der Waals surface area contributed by atoms with E-state index in [0.29, 0.717) is 6.04 Å². The predicted octanol–water partition coefficient (Wildman–Crippen LogP) is 2.83. The molecule has 0 aliphatic carbocycles. The molecule has 0 aliphatic rings. The summed E-state index contributed by atoms with van der Waals surface area (Å²) in [4.78, 5) is 4.55. The molecule has 0 heterocycles. The average Bonchev–Trinajstić information content (AvgIpc) is 2.26. The molecule has 1 atom stereocenters. The molecule has 1 rings (SSSR count). The van der Waals surface area contributed by atoms with Crippen molar-refractivity contribution in [3.63, 3.8) is 0 Å². The third-order valence-electron chi connectivity index (χ3n) is 3.12. The summed E-state index contributed by atoms with van der Waals surface area (Å²) in [5.74, 6) is 0.838. The van der Waals surface area contributed by atoms with Crippen LogP contribution < -0.4 is 15.4 Å². The van der Waals surface area contributed by atoms with Gasteiger partial charge in [-0.05, 0) is 47.9 Å². The number of benzene rings is 1. The first kappa shape index (κ1) is 16.6. The minimum absolute atomic E-state index is 0.152. The molecule has 1 aromatic carbocycles. The lowest BCUT2D eigenvalue weighted by Crippen LogP contribution is -2.40. The zero-order valence-corrected chi connectivity index (χ0v) is 13.7. The van der Waals surface area contributed by atoms with Crippen LogP contribution in [0.5, 0.6) is 5.75 Å². The van der Waals surface area contributed by atoms with E-state index >= 15 is 0 Å². The number of hydrogen-bond acceptors (Lipinski definition) is 4. The monoisotopic (exact) mass is 279 g/mol. The van der Waals surface area contributed by atoms with E-state index < -0.39 is 0 Å². The lowest BCUT2D eigenvalue weighted by molar-refractivity contribution is 0.242. The zero-order chi connectivity index (χ0) is 15.3. The summed E-state index contributed by atoms with van der Waals surface area (Å²) in [7, 11) is 4.19. The topological polar surface area (TPSA) is 41.7 Å². The van der Waals surface area contributed by atoms with Gasteiger partial charge in [-0.2, -0.15) is 0 Å². The molecular formula is C16H29N3O. The Morgan fingerprint density at radius 1 is 1.15 bits per heavy atom. The van der Waals surface area contributed by atoms with Crippen molar-refractivity contribution in [3.05, 3.63) is 18.2 Å². The van der Waals surface area contributed by atoms with Crippen molar-refractivity contribution in [1.29, 1.82) is 0 Å². The molecule has 4 heteroatoms. The molecule has 114 valence electrons.